The molecule has 1 aliphatic rings. The molecule has 0 bridgehead atoms. The smallest absolute Gasteiger partial charge is 0.245 e. The highest BCUT2D eigenvalue weighted by Gasteiger charge is 2.27. The Morgan fingerprint density at radius 3 is 2.81 bits per heavy atom. The van der Waals surface area contributed by atoms with Crippen LogP contribution in [0.25, 0.3) is 0 Å². The van der Waals surface area contributed by atoms with E-state index in [1.807, 2.05) is 13.8 Å². The number of sulfonamides is 1. The molecule has 4 nitrogen and oxygen atoms in total. The van der Waals surface area contributed by atoms with Crippen LogP contribution in [0.5, 0.6) is 0 Å². The van der Waals surface area contributed by atoms with Crippen LogP contribution in [0.2, 0.25) is 0 Å². The fraction of sp³-hybridized carbons (Fsp3) is 0.600. The molecule has 1 heterocycles. The van der Waals surface area contributed by atoms with Gasteiger partial charge in [-0.25, -0.2) is 8.42 Å². The molecule has 21 heavy (non-hydrogen) atoms. The molecule has 1 N–H and O–H groups in total. The first-order chi connectivity index (χ1) is 9.98. The lowest BCUT2D eigenvalue weighted by Crippen LogP contribution is -2.32. The van der Waals surface area contributed by atoms with E-state index in [4.69, 9.17) is 6.42 Å². The molecule has 1 aliphatic carbocycles. The Hall–Kier alpha value is -0.870. The molecule has 0 saturated heterocycles. The van der Waals surface area contributed by atoms with Gasteiger partial charge in [0.25, 0.3) is 0 Å². The molecule has 1 fully saturated rings. The molecule has 116 valence electrons. The normalized spacial score (nSPS) is 15.3. The molecule has 0 unspecified atom stereocenters. The highest BCUT2D eigenvalue weighted by atomic mass is 32.2. The van der Waals surface area contributed by atoms with Crippen LogP contribution in [0.15, 0.2) is 11.0 Å². The molecular weight excluding hydrogens is 304 g/mol. The molecule has 1 aromatic heterocycles. The summed E-state index contributed by atoms with van der Waals surface area (Å²) in [6, 6.07) is 2.41. The van der Waals surface area contributed by atoms with Gasteiger partial charge < -0.3 is 5.32 Å². The second kappa shape index (κ2) is 6.93. The highest BCUT2D eigenvalue weighted by molar-refractivity contribution is 7.89. The summed E-state index contributed by atoms with van der Waals surface area (Å²) < 4.78 is 26.8. The molecule has 0 aromatic carbocycles. The third kappa shape index (κ3) is 4.07. The summed E-state index contributed by atoms with van der Waals surface area (Å²) in [4.78, 5) is 2.31. The van der Waals surface area contributed by atoms with Gasteiger partial charge in [-0.3, -0.25) is 0 Å². The minimum Gasteiger partial charge on any atom is -0.309 e. The van der Waals surface area contributed by atoms with E-state index in [2.05, 4.69) is 11.2 Å². The summed E-state index contributed by atoms with van der Waals surface area (Å²) in [5.41, 5.74) is 0. The molecule has 0 radical (unpaired) electrons. The van der Waals surface area contributed by atoms with Crippen molar-refractivity contribution < 1.29 is 8.42 Å². The standard InChI is InChI=1S/C15H22N2O2S2/c1-4-8-17(9-5-2)21(18,19)15-10-14(20-12(15)3)11-16-13-6-7-13/h1,10,13,16H,5-9,11H2,2-3H3. The lowest BCUT2D eigenvalue weighted by molar-refractivity contribution is 0.445. The Morgan fingerprint density at radius 2 is 2.24 bits per heavy atom. The number of rotatable bonds is 8. The van der Waals surface area contributed by atoms with E-state index in [0.717, 1.165) is 22.7 Å². The van der Waals surface area contributed by atoms with E-state index in [0.29, 0.717) is 17.5 Å². The van der Waals surface area contributed by atoms with Gasteiger partial charge in [0.2, 0.25) is 10.0 Å². The Kier molecular flexibility index (Phi) is 5.44. The van der Waals surface area contributed by atoms with E-state index in [-0.39, 0.29) is 6.54 Å². The van der Waals surface area contributed by atoms with Gasteiger partial charge in [-0.15, -0.1) is 17.8 Å². The largest absolute Gasteiger partial charge is 0.309 e. The lowest BCUT2D eigenvalue weighted by atomic mass is 10.4. The van der Waals surface area contributed by atoms with Crippen LogP contribution in [-0.4, -0.2) is 31.9 Å². The van der Waals surface area contributed by atoms with E-state index in [1.165, 1.54) is 17.1 Å². The quantitative estimate of drug-likeness (QED) is 0.746. The monoisotopic (exact) mass is 326 g/mol. The molecule has 0 amide bonds. The van der Waals surface area contributed by atoms with Crippen LogP contribution >= 0.6 is 11.3 Å². The zero-order valence-electron chi connectivity index (χ0n) is 12.6. The molecule has 0 atom stereocenters. The molecular formula is C15H22N2O2S2. The number of terminal acetylenes is 1. The zero-order valence-corrected chi connectivity index (χ0v) is 14.2. The van der Waals surface area contributed by atoms with Crippen molar-refractivity contribution in [3.05, 3.63) is 15.8 Å². The lowest BCUT2D eigenvalue weighted by Gasteiger charge is -2.18. The number of hydrogen-bond donors (Lipinski definition) is 1. The first-order valence-corrected chi connectivity index (χ1v) is 9.51. The van der Waals surface area contributed by atoms with E-state index in [9.17, 15) is 8.42 Å². The van der Waals surface area contributed by atoms with Crippen molar-refractivity contribution in [3.8, 4) is 12.3 Å². The minimum atomic E-state index is -3.48. The number of nitrogens with zero attached hydrogens (tertiary/aromatic N) is 1. The Morgan fingerprint density at radius 1 is 1.52 bits per heavy atom. The van der Waals surface area contributed by atoms with Crippen LogP contribution in [0, 0.1) is 19.3 Å². The van der Waals surface area contributed by atoms with Crippen molar-refractivity contribution in [2.45, 2.75) is 50.6 Å². The maximum atomic E-state index is 12.7. The predicted octanol–water partition coefficient (Wildman–Crippen LogP) is 2.34. The molecule has 0 spiro atoms. The number of aryl methyl sites for hydroxylation is 1. The third-order valence-corrected chi connectivity index (χ3v) is 6.58. The van der Waals surface area contributed by atoms with E-state index in [1.54, 1.807) is 17.4 Å². The molecule has 0 aliphatic heterocycles. The summed E-state index contributed by atoms with van der Waals surface area (Å²) >= 11 is 1.54. The van der Waals surface area contributed by atoms with Gasteiger partial charge >= 0.3 is 0 Å². The summed E-state index contributed by atoms with van der Waals surface area (Å²) in [5, 5.41) is 3.41. The number of thiophene rings is 1. The van der Waals surface area contributed by atoms with Crippen molar-refractivity contribution in [3.63, 3.8) is 0 Å². The van der Waals surface area contributed by atoms with Crippen LogP contribution in [0.3, 0.4) is 0 Å². The van der Waals surface area contributed by atoms with Gasteiger partial charge in [0.05, 0.1) is 11.4 Å². The van der Waals surface area contributed by atoms with Crippen molar-refractivity contribution in [1.29, 1.82) is 0 Å². The van der Waals surface area contributed by atoms with E-state index >= 15 is 0 Å². The third-order valence-electron chi connectivity index (χ3n) is 3.42. The van der Waals surface area contributed by atoms with Gasteiger partial charge in [-0.2, -0.15) is 4.31 Å². The first kappa shape index (κ1) is 16.5. The SMILES string of the molecule is C#CCN(CCC)S(=O)(=O)c1cc(CNC2CC2)sc1C. The second-order valence-corrected chi connectivity index (χ2v) is 8.58. The first-order valence-electron chi connectivity index (χ1n) is 7.25. The van der Waals surface area contributed by atoms with Gasteiger partial charge in [-0.1, -0.05) is 12.8 Å². The average molecular weight is 326 g/mol. The summed E-state index contributed by atoms with van der Waals surface area (Å²) in [7, 11) is -3.48. The van der Waals surface area contributed by atoms with Crippen molar-refractivity contribution >= 4 is 21.4 Å². The van der Waals surface area contributed by atoms with Gasteiger partial charge in [0, 0.05) is 28.9 Å². The summed E-state index contributed by atoms with van der Waals surface area (Å²) in [6.07, 6.45) is 8.50. The molecule has 1 saturated carbocycles. The predicted molar refractivity (Wildman–Crippen MR) is 86.8 cm³/mol. The Bertz CT molecular complexity index is 625. The van der Waals surface area contributed by atoms with E-state index < -0.39 is 10.0 Å². The van der Waals surface area contributed by atoms with Crippen molar-refractivity contribution in [2.75, 3.05) is 13.1 Å². The van der Waals surface area contributed by atoms with Crippen LogP contribution in [-0.2, 0) is 16.6 Å². The highest BCUT2D eigenvalue weighted by Crippen LogP contribution is 2.29. The number of nitrogens with one attached hydrogen (secondary N) is 1. The van der Waals surface area contributed by atoms with Gasteiger partial charge in [0.15, 0.2) is 0 Å². The Labute approximate surface area is 131 Å². The van der Waals surface area contributed by atoms with Crippen molar-refractivity contribution in [2.24, 2.45) is 0 Å². The molecule has 2 rings (SSSR count). The molecule has 6 heteroatoms. The topological polar surface area (TPSA) is 49.4 Å². The minimum absolute atomic E-state index is 0.126. The fourth-order valence-corrected chi connectivity index (χ4v) is 5.18. The Balaban J connectivity index is 2.19. The van der Waals surface area contributed by atoms with Gasteiger partial charge in [-0.05, 0) is 32.3 Å². The maximum absolute atomic E-state index is 12.7. The van der Waals surface area contributed by atoms with Crippen LogP contribution in [0.1, 0.15) is 35.9 Å². The number of hydrogen-bond acceptors (Lipinski definition) is 4. The van der Waals surface area contributed by atoms with Gasteiger partial charge in [0.1, 0.15) is 0 Å². The summed E-state index contributed by atoms with van der Waals surface area (Å²) in [5.74, 6) is 2.44. The van der Waals surface area contributed by atoms with Crippen LogP contribution in [0.4, 0.5) is 0 Å². The summed E-state index contributed by atoms with van der Waals surface area (Å²) in [6.45, 7) is 5.13. The van der Waals surface area contributed by atoms with Crippen molar-refractivity contribution in [1.82, 2.24) is 9.62 Å². The maximum Gasteiger partial charge on any atom is 0.245 e. The zero-order chi connectivity index (χ0) is 15.5. The molecule has 1 aromatic rings. The average Bonchev–Trinajstić information content (AvgIpc) is 3.18. The fourth-order valence-electron chi connectivity index (χ4n) is 2.17. The van der Waals surface area contributed by atoms with Crippen LogP contribution < -0.4 is 5.32 Å². The second-order valence-electron chi connectivity index (χ2n) is 5.33.